The zero-order chi connectivity index (χ0) is 14.5. The summed E-state index contributed by atoms with van der Waals surface area (Å²) in [5.74, 6) is 0.303. The van der Waals surface area contributed by atoms with Crippen molar-refractivity contribution < 1.29 is 9.90 Å². The zero-order valence-corrected chi connectivity index (χ0v) is 12.5. The third kappa shape index (κ3) is 3.31. The topological polar surface area (TPSA) is 65.5 Å². The van der Waals surface area contributed by atoms with Crippen LogP contribution in [0.4, 0.5) is 0 Å². The van der Waals surface area contributed by atoms with E-state index in [0.29, 0.717) is 5.75 Å². The highest BCUT2D eigenvalue weighted by Gasteiger charge is 2.38. The minimum absolute atomic E-state index is 0.0173. The summed E-state index contributed by atoms with van der Waals surface area (Å²) in [5.41, 5.74) is 1.05. The number of aliphatic hydroxyl groups excluding tert-OH is 1. The normalized spacial score (nSPS) is 24.6. The van der Waals surface area contributed by atoms with Crippen LogP contribution in [0.15, 0.2) is 24.5 Å². The molecule has 6 heteroatoms. The van der Waals surface area contributed by atoms with Gasteiger partial charge in [0.05, 0.1) is 18.6 Å². The van der Waals surface area contributed by atoms with Crippen LogP contribution >= 0.6 is 12.6 Å². The van der Waals surface area contributed by atoms with Crippen LogP contribution < -0.4 is 5.32 Å². The standard InChI is InChI=1S/C14H21N3O2S/c1-17-6-4-12(14(19)16-11(8-18)9-20)13(17)10-3-2-5-15-7-10/h2-3,5,7,11-13,18,20H,4,6,8-9H2,1H3,(H,16,19)/t11?,12?,13-/m1/s1. The number of hydrogen-bond donors (Lipinski definition) is 3. The van der Waals surface area contributed by atoms with Crippen molar-refractivity contribution in [3.63, 3.8) is 0 Å². The first-order chi connectivity index (χ1) is 9.67. The average molecular weight is 295 g/mol. The molecule has 1 aromatic heterocycles. The number of nitrogens with one attached hydrogen (secondary N) is 1. The molecule has 5 nitrogen and oxygen atoms in total. The molecule has 0 spiro atoms. The van der Waals surface area contributed by atoms with E-state index in [-0.39, 0.29) is 30.5 Å². The van der Waals surface area contributed by atoms with E-state index in [0.717, 1.165) is 18.5 Å². The van der Waals surface area contributed by atoms with Gasteiger partial charge in [-0.25, -0.2) is 0 Å². The van der Waals surface area contributed by atoms with Gasteiger partial charge in [0.15, 0.2) is 0 Å². The summed E-state index contributed by atoms with van der Waals surface area (Å²) in [5, 5.41) is 12.0. The van der Waals surface area contributed by atoms with Crippen molar-refractivity contribution in [1.29, 1.82) is 0 Å². The number of likely N-dealkylation sites (tertiary alicyclic amines) is 1. The van der Waals surface area contributed by atoms with Crippen LogP contribution in [0.3, 0.4) is 0 Å². The van der Waals surface area contributed by atoms with Gasteiger partial charge >= 0.3 is 0 Å². The van der Waals surface area contributed by atoms with Gasteiger partial charge in [-0.05, 0) is 31.6 Å². The first-order valence-corrected chi connectivity index (χ1v) is 7.43. The summed E-state index contributed by atoms with van der Waals surface area (Å²) in [7, 11) is 2.02. The molecule has 2 N–H and O–H groups in total. The molecule has 0 aromatic carbocycles. The van der Waals surface area contributed by atoms with Crippen LogP contribution in [-0.2, 0) is 4.79 Å². The molecule has 3 atom stereocenters. The monoisotopic (exact) mass is 295 g/mol. The first kappa shape index (κ1) is 15.3. The van der Waals surface area contributed by atoms with Gasteiger partial charge in [0.2, 0.25) is 5.91 Å². The molecule has 1 aliphatic rings. The highest BCUT2D eigenvalue weighted by molar-refractivity contribution is 7.80. The number of thiol groups is 1. The lowest BCUT2D eigenvalue weighted by Crippen LogP contribution is -2.43. The molecular formula is C14H21N3O2S. The Kier molecular flexibility index (Phi) is 5.39. The fourth-order valence-electron chi connectivity index (χ4n) is 2.72. The minimum Gasteiger partial charge on any atom is -0.394 e. The van der Waals surface area contributed by atoms with E-state index in [9.17, 15) is 4.79 Å². The van der Waals surface area contributed by atoms with Crippen LogP contribution in [0, 0.1) is 5.92 Å². The number of aliphatic hydroxyl groups is 1. The van der Waals surface area contributed by atoms with E-state index in [1.165, 1.54) is 0 Å². The SMILES string of the molecule is CN1CCC(C(=O)NC(CO)CS)[C@H]1c1cccnc1. The molecule has 0 saturated carbocycles. The van der Waals surface area contributed by atoms with E-state index in [1.807, 2.05) is 25.4 Å². The van der Waals surface area contributed by atoms with Gasteiger partial charge in [0.25, 0.3) is 0 Å². The van der Waals surface area contributed by atoms with Gasteiger partial charge in [-0.2, -0.15) is 12.6 Å². The number of aromatic nitrogens is 1. The van der Waals surface area contributed by atoms with Crippen molar-refractivity contribution in [2.45, 2.75) is 18.5 Å². The second-order valence-electron chi connectivity index (χ2n) is 5.18. The van der Waals surface area contributed by atoms with Gasteiger partial charge in [-0.1, -0.05) is 6.07 Å². The number of hydrogen-bond acceptors (Lipinski definition) is 5. The number of rotatable bonds is 5. The van der Waals surface area contributed by atoms with Crippen LogP contribution in [0.5, 0.6) is 0 Å². The highest BCUT2D eigenvalue weighted by Crippen LogP contribution is 2.35. The van der Waals surface area contributed by atoms with Gasteiger partial charge in [-0.15, -0.1) is 0 Å². The molecular weight excluding hydrogens is 274 g/mol. The average Bonchev–Trinajstić information content (AvgIpc) is 2.87. The predicted octanol–water partition coefficient (Wildman–Crippen LogP) is 0.481. The zero-order valence-electron chi connectivity index (χ0n) is 11.6. The Balaban J connectivity index is 2.12. The molecule has 0 aliphatic carbocycles. The maximum absolute atomic E-state index is 12.4. The van der Waals surface area contributed by atoms with E-state index in [4.69, 9.17) is 5.11 Å². The van der Waals surface area contributed by atoms with Crippen LogP contribution in [0.25, 0.3) is 0 Å². The lowest BCUT2D eigenvalue weighted by atomic mass is 9.94. The maximum atomic E-state index is 12.4. The van der Waals surface area contributed by atoms with Gasteiger partial charge in [-0.3, -0.25) is 14.7 Å². The summed E-state index contributed by atoms with van der Waals surface area (Å²) in [6, 6.07) is 3.65. The number of amides is 1. The molecule has 1 saturated heterocycles. The second kappa shape index (κ2) is 7.06. The molecule has 0 radical (unpaired) electrons. The van der Waals surface area contributed by atoms with Crippen LogP contribution in [-0.4, -0.2) is 52.9 Å². The smallest absolute Gasteiger partial charge is 0.225 e. The lowest BCUT2D eigenvalue weighted by Gasteiger charge is -2.26. The third-order valence-corrected chi connectivity index (χ3v) is 4.24. The summed E-state index contributed by atoms with van der Waals surface area (Å²) >= 11 is 4.13. The van der Waals surface area contributed by atoms with Crippen molar-refractivity contribution in [2.75, 3.05) is 26.0 Å². The van der Waals surface area contributed by atoms with Crippen molar-refractivity contribution in [1.82, 2.24) is 15.2 Å². The van der Waals surface area contributed by atoms with Gasteiger partial charge in [0.1, 0.15) is 0 Å². The number of carbonyl (C=O) groups excluding carboxylic acids is 1. The molecule has 2 heterocycles. The van der Waals surface area contributed by atoms with E-state index in [2.05, 4.69) is 27.8 Å². The van der Waals surface area contributed by atoms with Crippen LogP contribution in [0.1, 0.15) is 18.0 Å². The molecule has 1 aliphatic heterocycles. The Morgan fingerprint density at radius 2 is 2.50 bits per heavy atom. The molecule has 20 heavy (non-hydrogen) atoms. The second-order valence-corrected chi connectivity index (χ2v) is 5.54. The van der Waals surface area contributed by atoms with E-state index in [1.54, 1.807) is 6.20 Å². The Morgan fingerprint density at radius 1 is 1.70 bits per heavy atom. The summed E-state index contributed by atoms with van der Waals surface area (Å²) in [4.78, 5) is 18.7. The van der Waals surface area contributed by atoms with Crippen molar-refractivity contribution in [3.8, 4) is 0 Å². The Labute approximate surface area is 124 Å². The lowest BCUT2D eigenvalue weighted by molar-refractivity contribution is -0.126. The number of carbonyl (C=O) groups is 1. The Hall–Kier alpha value is -1.11. The Bertz CT molecular complexity index is 439. The predicted molar refractivity (Wildman–Crippen MR) is 80.6 cm³/mol. The molecule has 2 unspecified atom stereocenters. The molecule has 1 fully saturated rings. The van der Waals surface area contributed by atoms with Gasteiger partial charge in [0, 0.05) is 24.2 Å². The van der Waals surface area contributed by atoms with Crippen molar-refractivity contribution in [2.24, 2.45) is 5.92 Å². The fourth-order valence-corrected chi connectivity index (χ4v) is 2.92. The molecule has 1 aromatic rings. The molecule has 110 valence electrons. The van der Waals surface area contributed by atoms with Crippen molar-refractivity contribution in [3.05, 3.63) is 30.1 Å². The van der Waals surface area contributed by atoms with Crippen LogP contribution in [0.2, 0.25) is 0 Å². The quantitative estimate of drug-likeness (QED) is 0.692. The maximum Gasteiger partial charge on any atom is 0.225 e. The van der Waals surface area contributed by atoms with E-state index >= 15 is 0 Å². The molecule has 0 bridgehead atoms. The highest BCUT2D eigenvalue weighted by atomic mass is 32.1. The number of nitrogens with zero attached hydrogens (tertiary/aromatic N) is 2. The summed E-state index contributed by atoms with van der Waals surface area (Å²) in [6.07, 6.45) is 4.36. The first-order valence-electron chi connectivity index (χ1n) is 6.79. The largest absolute Gasteiger partial charge is 0.394 e. The third-order valence-electron chi connectivity index (χ3n) is 3.80. The fraction of sp³-hybridized carbons (Fsp3) is 0.571. The van der Waals surface area contributed by atoms with E-state index < -0.39 is 0 Å². The molecule has 2 rings (SSSR count). The minimum atomic E-state index is -0.286. The summed E-state index contributed by atoms with van der Waals surface area (Å²) < 4.78 is 0. The summed E-state index contributed by atoms with van der Waals surface area (Å²) in [6.45, 7) is 0.789. The number of pyridine rings is 1. The van der Waals surface area contributed by atoms with Crippen molar-refractivity contribution >= 4 is 18.5 Å². The molecule has 1 amide bonds. The van der Waals surface area contributed by atoms with Gasteiger partial charge < -0.3 is 10.4 Å². The Morgan fingerprint density at radius 3 is 3.10 bits per heavy atom.